The Morgan fingerprint density at radius 1 is 1.23 bits per heavy atom. The number of rotatable bonds is 7. The van der Waals surface area contributed by atoms with Crippen molar-refractivity contribution >= 4 is 11.9 Å². The van der Waals surface area contributed by atoms with E-state index < -0.39 is 6.03 Å². The lowest BCUT2D eigenvalue weighted by atomic mass is 10.0. The number of unbranched alkanes of at least 4 members (excludes halogenated alkanes) is 2. The summed E-state index contributed by atoms with van der Waals surface area (Å²) < 4.78 is 5.58. The zero-order valence-electron chi connectivity index (χ0n) is 12.6. The molecule has 6 nitrogen and oxygen atoms in total. The van der Waals surface area contributed by atoms with Crippen LogP contribution in [0.25, 0.3) is 0 Å². The van der Waals surface area contributed by atoms with E-state index in [9.17, 15) is 9.59 Å². The van der Waals surface area contributed by atoms with E-state index >= 15 is 0 Å². The Morgan fingerprint density at radius 3 is 2.86 bits per heavy atom. The van der Waals surface area contributed by atoms with E-state index in [0.717, 1.165) is 37.0 Å². The summed E-state index contributed by atoms with van der Waals surface area (Å²) in [5.41, 5.74) is 6.02. The molecule has 120 valence electrons. The molecule has 1 aliphatic heterocycles. The molecule has 1 unspecified atom stereocenters. The highest BCUT2D eigenvalue weighted by atomic mass is 16.5. The molecule has 4 N–H and O–H groups in total. The third kappa shape index (κ3) is 4.95. The van der Waals surface area contributed by atoms with Crippen LogP contribution in [0.2, 0.25) is 0 Å². The average molecular weight is 305 g/mol. The van der Waals surface area contributed by atoms with Crippen molar-refractivity contribution in [3.63, 3.8) is 0 Å². The van der Waals surface area contributed by atoms with Gasteiger partial charge in [0, 0.05) is 24.9 Å². The highest BCUT2D eigenvalue weighted by Gasteiger charge is 2.22. The lowest BCUT2D eigenvalue weighted by Gasteiger charge is -2.26. The molecule has 1 heterocycles. The van der Waals surface area contributed by atoms with Gasteiger partial charge in [0.25, 0.3) is 0 Å². The smallest absolute Gasteiger partial charge is 0.312 e. The fraction of sp³-hybridized carbons (Fsp3) is 0.500. The van der Waals surface area contributed by atoms with Crippen LogP contribution in [0.15, 0.2) is 24.3 Å². The van der Waals surface area contributed by atoms with Gasteiger partial charge in [-0.25, -0.2) is 4.79 Å². The molecular formula is C16H23N3O3. The van der Waals surface area contributed by atoms with Crippen LogP contribution < -0.4 is 21.1 Å². The van der Waals surface area contributed by atoms with Crippen molar-refractivity contribution < 1.29 is 14.3 Å². The van der Waals surface area contributed by atoms with E-state index in [4.69, 9.17) is 10.5 Å². The highest BCUT2D eigenvalue weighted by Crippen LogP contribution is 2.31. The molecule has 0 aliphatic carbocycles. The molecule has 1 aromatic rings. The molecule has 0 saturated carbocycles. The topological polar surface area (TPSA) is 93.5 Å². The molecule has 0 bridgehead atoms. The molecule has 2 rings (SSSR count). The first kappa shape index (κ1) is 16.1. The van der Waals surface area contributed by atoms with Crippen LogP contribution in [0.3, 0.4) is 0 Å². The van der Waals surface area contributed by atoms with Crippen LogP contribution in [-0.2, 0) is 4.79 Å². The standard InChI is InChI=1S/C16H23N3O3/c17-16(21)18-10-5-1-2-8-15(20)19-13-9-11-22-14-7-4-3-6-12(13)14/h3-4,6-7,13H,1-2,5,8-11H2,(H,19,20)(H3,17,18,21). The molecule has 0 saturated heterocycles. The van der Waals surface area contributed by atoms with E-state index in [1.807, 2.05) is 24.3 Å². The number of urea groups is 1. The molecule has 0 radical (unpaired) electrons. The summed E-state index contributed by atoms with van der Waals surface area (Å²) >= 11 is 0. The number of ether oxygens (including phenoxy) is 1. The van der Waals surface area contributed by atoms with Crippen molar-refractivity contribution in [3.8, 4) is 5.75 Å². The van der Waals surface area contributed by atoms with Gasteiger partial charge in [0.1, 0.15) is 5.75 Å². The SMILES string of the molecule is NC(=O)NCCCCCC(=O)NC1CCOc2ccccc21. The molecule has 1 atom stereocenters. The van der Waals surface area contributed by atoms with Crippen molar-refractivity contribution in [1.29, 1.82) is 0 Å². The Kier molecular flexibility index (Phi) is 6.06. The number of hydrogen-bond acceptors (Lipinski definition) is 3. The van der Waals surface area contributed by atoms with Crippen molar-refractivity contribution in [2.75, 3.05) is 13.2 Å². The van der Waals surface area contributed by atoms with Gasteiger partial charge in [-0.15, -0.1) is 0 Å². The maximum absolute atomic E-state index is 12.0. The Hall–Kier alpha value is -2.24. The predicted molar refractivity (Wildman–Crippen MR) is 83.5 cm³/mol. The number of fused-ring (bicyclic) bond motifs is 1. The summed E-state index contributed by atoms with van der Waals surface area (Å²) in [7, 11) is 0. The molecule has 0 spiro atoms. The van der Waals surface area contributed by atoms with Gasteiger partial charge < -0.3 is 21.1 Å². The highest BCUT2D eigenvalue weighted by molar-refractivity contribution is 5.76. The summed E-state index contributed by atoms with van der Waals surface area (Å²) in [6, 6.07) is 7.35. The second kappa shape index (κ2) is 8.26. The summed E-state index contributed by atoms with van der Waals surface area (Å²) in [6.07, 6.45) is 3.81. The number of primary amides is 1. The minimum atomic E-state index is -0.504. The first-order chi connectivity index (χ1) is 10.7. The first-order valence-electron chi connectivity index (χ1n) is 7.71. The number of benzene rings is 1. The molecule has 1 aromatic carbocycles. The van der Waals surface area contributed by atoms with E-state index in [1.54, 1.807) is 0 Å². The summed E-state index contributed by atoms with van der Waals surface area (Å²) in [5, 5.41) is 5.61. The van der Waals surface area contributed by atoms with Gasteiger partial charge in [0.15, 0.2) is 0 Å². The van der Waals surface area contributed by atoms with Gasteiger partial charge >= 0.3 is 6.03 Å². The lowest BCUT2D eigenvalue weighted by molar-refractivity contribution is -0.122. The third-order valence-corrected chi connectivity index (χ3v) is 3.67. The number of nitrogens with one attached hydrogen (secondary N) is 2. The lowest BCUT2D eigenvalue weighted by Crippen LogP contribution is -2.32. The zero-order valence-corrected chi connectivity index (χ0v) is 12.6. The van der Waals surface area contributed by atoms with Gasteiger partial charge in [0.05, 0.1) is 12.6 Å². The Bertz CT molecular complexity index is 519. The predicted octanol–water partition coefficient (Wildman–Crippen LogP) is 1.86. The summed E-state index contributed by atoms with van der Waals surface area (Å²) in [5.74, 6) is 0.918. The van der Waals surface area contributed by atoms with Crippen LogP contribution in [0.1, 0.15) is 43.7 Å². The Labute approximate surface area is 130 Å². The van der Waals surface area contributed by atoms with Crippen LogP contribution in [-0.4, -0.2) is 25.1 Å². The maximum atomic E-state index is 12.0. The third-order valence-electron chi connectivity index (χ3n) is 3.67. The van der Waals surface area contributed by atoms with Crippen LogP contribution in [0.4, 0.5) is 4.79 Å². The maximum Gasteiger partial charge on any atom is 0.312 e. The second-order valence-electron chi connectivity index (χ2n) is 5.40. The number of carbonyl (C=O) groups excluding carboxylic acids is 2. The van der Waals surface area contributed by atoms with Crippen molar-refractivity contribution in [3.05, 3.63) is 29.8 Å². The van der Waals surface area contributed by atoms with Gasteiger partial charge in [0.2, 0.25) is 5.91 Å². The van der Waals surface area contributed by atoms with Crippen LogP contribution in [0.5, 0.6) is 5.75 Å². The van der Waals surface area contributed by atoms with Gasteiger partial charge in [-0.1, -0.05) is 24.6 Å². The minimum Gasteiger partial charge on any atom is -0.493 e. The van der Waals surface area contributed by atoms with Gasteiger partial charge in [-0.05, 0) is 18.9 Å². The van der Waals surface area contributed by atoms with Crippen LogP contribution >= 0.6 is 0 Å². The summed E-state index contributed by atoms with van der Waals surface area (Å²) in [6.45, 7) is 1.19. The van der Waals surface area contributed by atoms with E-state index in [-0.39, 0.29) is 11.9 Å². The monoisotopic (exact) mass is 305 g/mol. The van der Waals surface area contributed by atoms with Crippen LogP contribution in [0, 0.1) is 0 Å². The normalized spacial score (nSPS) is 16.3. The van der Waals surface area contributed by atoms with Crippen molar-refractivity contribution in [1.82, 2.24) is 10.6 Å². The Morgan fingerprint density at radius 2 is 2.05 bits per heavy atom. The van der Waals surface area contributed by atoms with Gasteiger partial charge in [-0.3, -0.25) is 4.79 Å². The molecule has 6 heteroatoms. The summed E-state index contributed by atoms with van der Waals surface area (Å²) in [4.78, 5) is 22.5. The van der Waals surface area contributed by atoms with E-state index in [0.29, 0.717) is 19.6 Å². The van der Waals surface area contributed by atoms with E-state index in [2.05, 4.69) is 10.6 Å². The van der Waals surface area contributed by atoms with E-state index in [1.165, 1.54) is 0 Å². The molecule has 0 fully saturated rings. The first-order valence-corrected chi connectivity index (χ1v) is 7.71. The molecule has 22 heavy (non-hydrogen) atoms. The second-order valence-corrected chi connectivity index (χ2v) is 5.40. The average Bonchev–Trinajstić information content (AvgIpc) is 2.51. The fourth-order valence-electron chi connectivity index (χ4n) is 2.56. The molecule has 0 aromatic heterocycles. The number of nitrogens with two attached hydrogens (primary N) is 1. The minimum absolute atomic E-state index is 0.0361. The zero-order chi connectivity index (χ0) is 15.8. The number of amides is 3. The molecular weight excluding hydrogens is 282 g/mol. The van der Waals surface area contributed by atoms with Gasteiger partial charge in [-0.2, -0.15) is 0 Å². The fourth-order valence-corrected chi connectivity index (χ4v) is 2.56. The van der Waals surface area contributed by atoms with Crippen molar-refractivity contribution in [2.45, 2.75) is 38.1 Å². The Balaban J connectivity index is 1.69. The quantitative estimate of drug-likeness (QED) is 0.671. The number of para-hydroxylation sites is 1. The van der Waals surface area contributed by atoms with Crippen molar-refractivity contribution in [2.24, 2.45) is 5.73 Å². The largest absolute Gasteiger partial charge is 0.493 e. The molecule has 1 aliphatic rings. The number of carbonyl (C=O) groups is 2. The number of hydrogen-bond donors (Lipinski definition) is 3. The molecule has 3 amide bonds.